The number of amides is 4. The highest BCUT2D eigenvalue weighted by atomic mass is 16.5. The molecule has 0 atom stereocenters. The van der Waals surface area contributed by atoms with Gasteiger partial charge in [0.25, 0.3) is 0 Å². The summed E-state index contributed by atoms with van der Waals surface area (Å²) >= 11 is 0. The topological polar surface area (TPSA) is 94.7 Å². The number of ether oxygens (including phenoxy) is 1. The number of methoxy groups -OCH3 is 1. The molecule has 148 valence electrons. The average Bonchev–Trinajstić information content (AvgIpc) is 3.14. The summed E-state index contributed by atoms with van der Waals surface area (Å²) in [5.41, 5.74) is 3.39. The van der Waals surface area contributed by atoms with E-state index in [9.17, 15) is 9.59 Å². The van der Waals surface area contributed by atoms with Gasteiger partial charge in [-0.15, -0.1) is 0 Å². The molecule has 0 bridgehead atoms. The molecule has 0 spiro atoms. The summed E-state index contributed by atoms with van der Waals surface area (Å²) in [5, 5.41) is 11.6. The number of anilines is 3. The van der Waals surface area contributed by atoms with Gasteiger partial charge in [-0.3, -0.25) is 4.90 Å². The van der Waals surface area contributed by atoms with Crippen LogP contribution in [0.25, 0.3) is 0 Å². The lowest BCUT2D eigenvalue weighted by Crippen LogP contribution is -2.29. The highest BCUT2D eigenvalue weighted by molar-refractivity contribution is 5.95. The maximum atomic E-state index is 12.2. The van der Waals surface area contributed by atoms with E-state index in [1.807, 2.05) is 36.4 Å². The van der Waals surface area contributed by atoms with Crippen LogP contribution in [0.15, 0.2) is 48.5 Å². The first-order chi connectivity index (χ1) is 13.7. The molecule has 0 aromatic heterocycles. The summed E-state index contributed by atoms with van der Waals surface area (Å²) in [6, 6.07) is 14.7. The van der Waals surface area contributed by atoms with Gasteiger partial charge in [0, 0.05) is 50.4 Å². The van der Waals surface area contributed by atoms with Crippen molar-refractivity contribution in [2.75, 3.05) is 48.9 Å². The van der Waals surface area contributed by atoms with Gasteiger partial charge in [-0.1, -0.05) is 18.2 Å². The van der Waals surface area contributed by atoms with Gasteiger partial charge in [-0.05, 0) is 35.9 Å². The van der Waals surface area contributed by atoms with Crippen LogP contribution in [0.5, 0.6) is 0 Å². The fourth-order valence-corrected chi connectivity index (χ4v) is 2.87. The Morgan fingerprint density at radius 2 is 2.00 bits per heavy atom. The van der Waals surface area contributed by atoms with Crippen molar-refractivity contribution in [3.05, 3.63) is 54.1 Å². The number of benzene rings is 2. The van der Waals surface area contributed by atoms with Crippen LogP contribution in [-0.4, -0.2) is 45.4 Å². The Hall–Kier alpha value is -3.26. The Morgan fingerprint density at radius 3 is 2.71 bits per heavy atom. The van der Waals surface area contributed by atoms with Crippen LogP contribution >= 0.6 is 0 Å². The third kappa shape index (κ3) is 5.37. The number of hydrogen-bond acceptors (Lipinski definition) is 4. The van der Waals surface area contributed by atoms with Gasteiger partial charge in [0.15, 0.2) is 0 Å². The molecule has 2 aromatic carbocycles. The molecule has 3 rings (SSSR count). The summed E-state index contributed by atoms with van der Waals surface area (Å²) in [6.07, 6.45) is 0. The maximum Gasteiger partial charge on any atom is 0.321 e. The van der Waals surface area contributed by atoms with Crippen LogP contribution < -0.4 is 26.2 Å². The van der Waals surface area contributed by atoms with Crippen molar-refractivity contribution in [3.63, 3.8) is 0 Å². The van der Waals surface area contributed by atoms with Crippen LogP contribution in [0.1, 0.15) is 5.56 Å². The number of carbonyl (C=O) groups is 2. The summed E-state index contributed by atoms with van der Waals surface area (Å²) in [6.45, 7) is 3.04. The smallest absolute Gasteiger partial charge is 0.321 e. The van der Waals surface area contributed by atoms with Gasteiger partial charge >= 0.3 is 12.1 Å². The summed E-state index contributed by atoms with van der Waals surface area (Å²) in [7, 11) is 1.67. The standard InChI is InChI=1S/C20H25N5O3/c1-28-12-10-21-16-7-5-15(6-8-16)14-23-19(26)24-17-3-2-4-18(13-17)25-11-9-22-20(25)27/h2-8,13,21H,9-12,14H2,1H3,(H,22,27)(H2,23,24,26). The van der Waals surface area contributed by atoms with E-state index in [-0.39, 0.29) is 12.1 Å². The Kier molecular flexibility index (Phi) is 6.69. The van der Waals surface area contributed by atoms with Gasteiger partial charge in [-0.2, -0.15) is 0 Å². The third-order valence-corrected chi connectivity index (χ3v) is 4.31. The first kappa shape index (κ1) is 19.5. The lowest BCUT2D eigenvalue weighted by Gasteiger charge is -2.15. The van der Waals surface area contributed by atoms with Crippen LogP contribution in [0.2, 0.25) is 0 Å². The van der Waals surface area contributed by atoms with Crippen LogP contribution in [-0.2, 0) is 11.3 Å². The van der Waals surface area contributed by atoms with E-state index in [0.29, 0.717) is 31.9 Å². The molecule has 4 N–H and O–H groups in total. The van der Waals surface area contributed by atoms with Crippen LogP contribution in [0.4, 0.5) is 26.7 Å². The fourth-order valence-electron chi connectivity index (χ4n) is 2.87. The van der Waals surface area contributed by atoms with Gasteiger partial charge in [0.05, 0.1) is 6.61 Å². The van der Waals surface area contributed by atoms with E-state index in [1.165, 1.54) is 0 Å². The van der Waals surface area contributed by atoms with E-state index in [4.69, 9.17) is 4.74 Å². The van der Waals surface area contributed by atoms with Crippen molar-refractivity contribution >= 4 is 29.1 Å². The normalized spacial score (nSPS) is 13.2. The molecule has 2 aromatic rings. The molecule has 28 heavy (non-hydrogen) atoms. The minimum absolute atomic E-state index is 0.123. The molecule has 1 heterocycles. The first-order valence-corrected chi connectivity index (χ1v) is 9.18. The molecule has 0 radical (unpaired) electrons. The molecule has 1 aliphatic heterocycles. The van der Waals surface area contributed by atoms with Crippen LogP contribution in [0, 0.1) is 0 Å². The molecule has 1 aliphatic rings. The monoisotopic (exact) mass is 383 g/mol. The van der Waals surface area contributed by atoms with Crippen molar-refractivity contribution in [1.82, 2.24) is 10.6 Å². The first-order valence-electron chi connectivity index (χ1n) is 9.18. The number of rotatable bonds is 8. The lowest BCUT2D eigenvalue weighted by atomic mass is 10.2. The SMILES string of the molecule is COCCNc1ccc(CNC(=O)Nc2cccc(N3CCNC3=O)c2)cc1. The van der Waals surface area contributed by atoms with Crippen molar-refractivity contribution in [1.29, 1.82) is 0 Å². The number of urea groups is 2. The van der Waals surface area contributed by atoms with Crippen molar-refractivity contribution < 1.29 is 14.3 Å². The molecule has 1 saturated heterocycles. The lowest BCUT2D eigenvalue weighted by molar-refractivity contribution is 0.211. The highest BCUT2D eigenvalue weighted by Crippen LogP contribution is 2.21. The molecule has 8 heteroatoms. The molecular formula is C20H25N5O3. The number of carbonyl (C=O) groups excluding carboxylic acids is 2. The van der Waals surface area contributed by atoms with Crippen molar-refractivity contribution in [2.24, 2.45) is 0 Å². The molecule has 0 unspecified atom stereocenters. The van der Waals surface area contributed by atoms with E-state index in [0.717, 1.165) is 23.5 Å². The van der Waals surface area contributed by atoms with Crippen molar-refractivity contribution in [3.8, 4) is 0 Å². The van der Waals surface area contributed by atoms with E-state index in [1.54, 1.807) is 24.1 Å². The number of nitrogens with one attached hydrogen (secondary N) is 4. The van der Waals surface area contributed by atoms with Crippen LogP contribution in [0.3, 0.4) is 0 Å². The zero-order chi connectivity index (χ0) is 19.8. The zero-order valence-corrected chi connectivity index (χ0v) is 15.8. The Balaban J connectivity index is 1.48. The Morgan fingerprint density at radius 1 is 1.18 bits per heavy atom. The molecule has 0 saturated carbocycles. The minimum Gasteiger partial charge on any atom is -0.383 e. The zero-order valence-electron chi connectivity index (χ0n) is 15.8. The second-order valence-corrected chi connectivity index (χ2v) is 6.36. The second-order valence-electron chi connectivity index (χ2n) is 6.36. The minimum atomic E-state index is -0.301. The van der Waals surface area contributed by atoms with Crippen molar-refractivity contribution in [2.45, 2.75) is 6.54 Å². The molecule has 8 nitrogen and oxygen atoms in total. The molecule has 4 amide bonds. The Bertz CT molecular complexity index is 810. The molecule has 0 aliphatic carbocycles. The third-order valence-electron chi connectivity index (χ3n) is 4.31. The number of hydrogen-bond donors (Lipinski definition) is 4. The summed E-state index contributed by atoms with van der Waals surface area (Å²) in [5.74, 6) is 0. The molecule has 1 fully saturated rings. The largest absolute Gasteiger partial charge is 0.383 e. The second kappa shape index (κ2) is 9.61. The summed E-state index contributed by atoms with van der Waals surface area (Å²) < 4.78 is 5.00. The molecular weight excluding hydrogens is 358 g/mol. The van der Waals surface area contributed by atoms with Gasteiger partial charge < -0.3 is 26.0 Å². The highest BCUT2D eigenvalue weighted by Gasteiger charge is 2.21. The average molecular weight is 383 g/mol. The van der Waals surface area contributed by atoms with Gasteiger partial charge in [0.2, 0.25) is 0 Å². The van der Waals surface area contributed by atoms with Gasteiger partial charge in [0.1, 0.15) is 0 Å². The fraction of sp³-hybridized carbons (Fsp3) is 0.300. The summed E-state index contributed by atoms with van der Waals surface area (Å²) in [4.78, 5) is 25.6. The van der Waals surface area contributed by atoms with Gasteiger partial charge in [-0.25, -0.2) is 9.59 Å². The van der Waals surface area contributed by atoms with E-state index in [2.05, 4.69) is 21.3 Å². The Labute approximate surface area is 164 Å². The van der Waals surface area contributed by atoms with E-state index >= 15 is 0 Å². The predicted octanol–water partition coefficient (Wildman–Crippen LogP) is 2.60. The van der Waals surface area contributed by atoms with E-state index < -0.39 is 0 Å². The number of nitrogens with zero attached hydrogens (tertiary/aromatic N) is 1. The maximum absolute atomic E-state index is 12.2. The quantitative estimate of drug-likeness (QED) is 0.527. The predicted molar refractivity (Wildman–Crippen MR) is 110 cm³/mol.